The zero-order valence-electron chi connectivity index (χ0n) is 18.3. The number of nitrogens with one attached hydrogen (secondary N) is 2. The van der Waals surface area contributed by atoms with Gasteiger partial charge in [0.05, 0.1) is 11.4 Å². The molecule has 1 saturated heterocycles. The third kappa shape index (κ3) is 3.94. The van der Waals surface area contributed by atoms with E-state index in [1.807, 2.05) is 0 Å². The first kappa shape index (κ1) is 21.8. The first-order valence-corrected chi connectivity index (χ1v) is 10.9. The second kappa shape index (κ2) is 8.75. The molecular formula is C23H22F2N8O. The third-order valence-corrected chi connectivity index (χ3v) is 6.00. The Balaban J connectivity index is 1.53. The fraction of sp³-hybridized carbons (Fsp3) is 0.261. The number of nitrogen functional groups attached to an aromatic ring is 1. The van der Waals surface area contributed by atoms with Crippen LogP contribution in [0.5, 0.6) is 0 Å². The molecule has 0 spiro atoms. The molecule has 11 heteroatoms. The summed E-state index contributed by atoms with van der Waals surface area (Å²) in [5.74, 6) is -1.61. The summed E-state index contributed by atoms with van der Waals surface area (Å²) in [5, 5.41) is 11.1. The van der Waals surface area contributed by atoms with Crippen molar-refractivity contribution in [3.05, 3.63) is 60.1 Å². The van der Waals surface area contributed by atoms with Crippen molar-refractivity contribution in [2.75, 3.05) is 17.6 Å². The zero-order valence-corrected chi connectivity index (χ0v) is 18.3. The van der Waals surface area contributed by atoms with Gasteiger partial charge in [-0.25, -0.2) is 28.4 Å². The minimum absolute atomic E-state index is 0.0196. The van der Waals surface area contributed by atoms with Crippen LogP contribution in [0.15, 0.2) is 42.9 Å². The number of piperidine rings is 1. The van der Waals surface area contributed by atoms with Crippen LogP contribution in [0.2, 0.25) is 0 Å². The van der Waals surface area contributed by atoms with Crippen LogP contribution in [0, 0.1) is 11.6 Å². The van der Waals surface area contributed by atoms with Crippen LogP contribution in [-0.4, -0.2) is 43.2 Å². The van der Waals surface area contributed by atoms with Crippen molar-refractivity contribution in [3.63, 3.8) is 0 Å². The second-order valence-electron chi connectivity index (χ2n) is 8.21. The molecule has 5 rings (SSSR count). The Bertz CT molecular complexity index is 1390. The van der Waals surface area contributed by atoms with Crippen LogP contribution < -0.4 is 16.4 Å². The highest BCUT2D eigenvalue weighted by atomic mass is 19.1. The van der Waals surface area contributed by atoms with Crippen LogP contribution in [-0.2, 0) is 0 Å². The van der Waals surface area contributed by atoms with Gasteiger partial charge in [0, 0.05) is 29.4 Å². The minimum Gasteiger partial charge on any atom is -0.383 e. The molecule has 0 saturated carbocycles. The maximum atomic E-state index is 15.3. The average Bonchev–Trinajstić information content (AvgIpc) is 3.20. The lowest BCUT2D eigenvalue weighted by atomic mass is 10.0. The molecule has 9 nitrogen and oxygen atoms in total. The van der Waals surface area contributed by atoms with E-state index in [2.05, 4.69) is 32.5 Å². The van der Waals surface area contributed by atoms with Gasteiger partial charge in [-0.2, -0.15) is 5.10 Å². The number of fused-ring (bicyclic) bond motifs is 1. The monoisotopic (exact) mass is 464 g/mol. The molecule has 1 aliphatic rings. The molecule has 174 valence electrons. The quantitative estimate of drug-likeness (QED) is 0.423. The summed E-state index contributed by atoms with van der Waals surface area (Å²) in [6.45, 7) is 2.99. The van der Waals surface area contributed by atoms with Gasteiger partial charge in [-0.1, -0.05) is 0 Å². The number of nitrogens with zero attached hydrogens (tertiary/aromatic N) is 5. The Hall–Kier alpha value is -3.99. The van der Waals surface area contributed by atoms with Gasteiger partial charge in [0.1, 0.15) is 35.3 Å². The molecule has 4 heterocycles. The Morgan fingerprint density at radius 3 is 2.82 bits per heavy atom. The SMILES string of the molecule is C[C@H]1NCCCC1n1nc(-c2ccc(C(=O)Nc3cc(F)ccn3)cc2F)c2c(N)ncnc21. The molecule has 1 aromatic carbocycles. The molecule has 1 aliphatic heterocycles. The summed E-state index contributed by atoms with van der Waals surface area (Å²) in [6, 6.07) is 6.42. The van der Waals surface area contributed by atoms with E-state index in [4.69, 9.17) is 10.8 Å². The number of hydrogen-bond acceptors (Lipinski definition) is 7. The van der Waals surface area contributed by atoms with E-state index in [0.717, 1.165) is 37.6 Å². The lowest BCUT2D eigenvalue weighted by Crippen LogP contribution is -2.40. The first-order valence-electron chi connectivity index (χ1n) is 10.9. The molecule has 2 atom stereocenters. The number of benzene rings is 1. The normalized spacial score (nSPS) is 18.2. The van der Waals surface area contributed by atoms with E-state index < -0.39 is 17.5 Å². The Kier molecular flexibility index (Phi) is 5.62. The summed E-state index contributed by atoms with van der Waals surface area (Å²) in [6.07, 6.45) is 4.46. The van der Waals surface area contributed by atoms with E-state index in [1.54, 1.807) is 4.68 Å². The van der Waals surface area contributed by atoms with Crippen molar-refractivity contribution in [1.29, 1.82) is 0 Å². The summed E-state index contributed by atoms with van der Waals surface area (Å²) >= 11 is 0. The van der Waals surface area contributed by atoms with Crippen LogP contribution in [0.4, 0.5) is 20.4 Å². The number of aromatic nitrogens is 5. The lowest BCUT2D eigenvalue weighted by Gasteiger charge is -2.30. The molecule has 1 unspecified atom stereocenters. The van der Waals surface area contributed by atoms with Crippen molar-refractivity contribution < 1.29 is 13.6 Å². The summed E-state index contributed by atoms with van der Waals surface area (Å²) in [4.78, 5) is 24.9. The number of anilines is 2. The highest BCUT2D eigenvalue weighted by Gasteiger charge is 2.28. The van der Waals surface area contributed by atoms with Gasteiger partial charge in [0.25, 0.3) is 5.91 Å². The molecule has 1 amide bonds. The number of carbonyl (C=O) groups excluding carboxylic acids is 1. The van der Waals surface area contributed by atoms with Gasteiger partial charge in [-0.05, 0) is 50.6 Å². The molecule has 4 N–H and O–H groups in total. The van der Waals surface area contributed by atoms with Crippen molar-refractivity contribution in [2.24, 2.45) is 0 Å². The summed E-state index contributed by atoms with van der Waals surface area (Å²) in [7, 11) is 0. The second-order valence-corrected chi connectivity index (χ2v) is 8.21. The number of nitrogens with two attached hydrogens (primary N) is 1. The fourth-order valence-corrected chi connectivity index (χ4v) is 4.29. The highest BCUT2D eigenvalue weighted by molar-refractivity contribution is 6.04. The van der Waals surface area contributed by atoms with E-state index in [-0.39, 0.29) is 34.8 Å². The Morgan fingerprint density at radius 2 is 2.06 bits per heavy atom. The van der Waals surface area contributed by atoms with Crippen LogP contribution in [0.3, 0.4) is 0 Å². The maximum Gasteiger partial charge on any atom is 0.256 e. The van der Waals surface area contributed by atoms with Gasteiger partial charge in [-0.3, -0.25) is 4.79 Å². The Morgan fingerprint density at radius 1 is 1.21 bits per heavy atom. The lowest BCUT2D eigenvalue weighted by molar-refractivity contribution is 0.102. The predicted octanol–water partition coefficient (Wildman–Crippen LogP) is 3.31. The topological polar surface area (TPSA) is 124 Å². The van der Waals surface area contributed by atoms with Crippen molar-refractivity contribution in [2.45, 2.75) is 31.8 Å². The molecule has 4 aromatic rings. The van der Waals surface area contributed by atoms with Gasteiger partial charge in [0.2, 0.25) is 0 Å². The molecule has 3 aromatic heterocycles. The number of rotatable bonds is 4. The molecule has 0 radical (unpaired) electrons. The smallest absolute Gasteiger partial charge is 0.256 e. The predicted molar refractivity (Wildman–Crippen MR) is 123 cm³/mol. The number of carbonyl (C=O) groups is 1. The van der Waals surface area contributed by atoms with Gasteiger partial charge < -0.3 is 16.4 Å². The molecule has 0 bridgehead atoms. The van der Waals surface area contributed by atoms with E-state index in [1.165, 1.54) is 24.7 Å². The van der Waals surface area contributed by atoms with E-state index in [0.29, 0.717) is 16.7 Å². The number of hydrogen-bond donors (Lipinski definition) is 3. The van der Waals surface area contributed by atoms with Crippen LogP contribution in [0.1, 0.15) is 36.2 Å². The average molecular weight is 464 g/mol. The van der Waals surface area contributed by atoms with Crippen molar-refractivity contribution in [3.8, 4) is 11.3 Å². The summed E-state index contributed by atoms with van der Waals surface area (Å²) in [5.41, 5.74) is 7.21. The first-order chi connectivity index (χ1) is 16.4. The standard InChI is InChI=1S/C23H22F2N8O/c1-12-17(3-2-7-27-12)33-22-19(21(26)29-11-30-22)20(32-33)15-5-4-13(9-16(15)25)23(34)31-18-10-14(24)6-8-28-18/h4-6,8-12,17,27H,2-3,7H2,1H3,(H2,26,29,30)(H,28,31,34)/t12-,17?/m1/s1. The summed E-state index contributed by atoms with van der Waals surface area (Å²) < 4.78 is 30.4. The van der Waals surface area contributed by atoms with Gasteiger partial charge in [-0.15, -0.1) is 0 Å². The van der Waals surface area contributed by atoms with E-state index >= 15 is 4.39 Å². The molecule has 34 heavy (non-hydrogen) atoms. The van der Waals surface area contributed by atoms with E-state index in [9.17, 15) is 9.18 Å². The van der Waals surface area contributed by atoms with Gasteiger partial charge >= 0.3 is 0 Å². The van der Waals surface area contributed by atoms with Crippen LogP contribution in [0.25, 0.3) is 22.3 Å². The minimum atomic E-state index is -0.663. The maximum absolute atomic E-state index is 15.3. The fourth-order valence-electron chi connectivity index (χ4n) is 4.29. The van der Waals surface area contributed by atoms with Gasteiger partial charge in [0.15, 0.2) is 5.65 Å². The highest BCUT2D eigenvalue weighted by Crippen LogP contribution is 2.35. The third-order valence-electron chi connectivity index (χ3n) is 6.00. The largest absolute Gasteiger partial charge is 0.383 e. The Labute approximate surface area is 193 Å². The zero-order chi connectivity index (χ0) is 23.8. The molecular weight excluding hydrogens is 442 g/mol. The molecule has 0 aliphatic carbocycles. The number of pyridine rings is 1. The van der Waals surface area contributed by atoms with Crippen LogP contribution >= 0.6 is 0 Å². The number of amides is 1. The number of halogens is 2. The molecule has 1 fully saturated rings. The van der Waals surface area contributed by atoms with Crippen molar-refractivity contribution in [1.82, 2.24) is 30.0 Å². The van der Waals surface area contributed by atoms with Crippen molar-refractivity contribution >= 4 is 28.6 Å².